The molecule has 0 radical (unpaired) electrons. The maximum Gasteiger partial charge on any atom is 0.161 e. The van der Waals surface area contributed by atoms with Gasteiger partial charge < -0.3 is 15.4 Å². The summed E-state index contributed by atoms with van der Waals surface area (Å²) in [5.41, 5.74) is 5.79. The number of aliphatic hydroxyl groups is 1. The number of rotatable bonds is 4. The largest absolute Gasteiger partial charge is 0.402 e. The van der Waals surface area contributed by atoms with Gasteiger partial charge in [-0.25, -0.2) is 0 Å². The van der Waals surface area contributed by atoms with Crippen LogP contribution >= 0.6 is 0 Å². The van der Waals surface area contributed by atoms with Crippen molar-refractivity contribution in [1.29, 1.82) is 0 Å². The molecule has 0 unspecified atom stereocenters. The lowest BCUT2D eigenvalue weighted by Gasteiger charge is -2.10. The highest BCUT2D eigenvalue weighted by atomic mass is 16.3. The standard InChI is InChI=1S/C10H14N2O2/c1-8(11)6-9(13)7-10(14)12-4-2-3-5-12/h2-6,10,14H,7,11H2,1H3/b8-6-/t10-/m1/s1. The molecule has 0 aliphatic rings. The summed E-state index contributed by atoms with van der Waals surface area (Å²) in [7, 11) is 0. The van der Waals surface area contributed by atoms with Crippen LogP contribution in [0.5, 0.6) is 0 Å². The smallest absolute Gasteiger partial charge is 0.161 e. The predicted molar refractivity (Wildman–Crippen MR) is 53.3 cm³/mol. The van der Waals surface area contributed by atoms with E-state index in [0.717, 1.165) is 0 Å². The Hall–Kier alpha value is -1.55. The van der Waals surface area contributed by atoms with E-state index in [1.807, 2.05) is 0 Å². The first-order valence-electron chi connectivity index (χ1n) is 4.36. The molecule has 1 atom stereocenters. The van der Waals surface area contributed by atoms with Crippen LogP contribution in [-0.4, -0.2) is 15.5 Å². The number of ketones is 1. The van der Waals surface area contributed by atoms with Gasteiger partial charge in [0.25, 0.3) is 0 Å². The molecule has 1 aromatic heterocycles. The molecular weight excluding hydrogens is 180 g/mol. The lowest BCUT2D eigenvalue weighted by atomic mass is 10.2. The van der Waals surface area contributed by atoms with Crippen molar-refractivity contribution in [3.8, 4) is 0 Å². The Labute approximate surface area is 82.6 Å². The van der Waals surface area contributed by atoms with Crippen molar-refractivity contribution in [2.45, 2.75) is 19.6 Å². The highest BCUT2D eigenvalue weighted by Crippen LogP contribution is 2.08. The van der Waals surface area contributed by atoms with Crippen molar-refractivity contribution in [2.24, 2.45) is 5.73 Å². The second-order valence-electron chi connectivity index (χ2n) is 3.17. The van der Waals surface area contributed by atoms with Crippen LogP contribution in [0.15, 0.2) is 36.3 Å². The first-order valence-corrected chi connectivity index (χ1v) is 4.36. The molecule has 4 heteroatoms. The summed E-state index contributed by atoms with van der Waals surface area (Å²) in [6.07, 6.45) is 3.97. The third-order valence-electron chi connectivity index (χ3n) is 1.74. The normalized spacial score (nSPS) is 14.0. The highest BCUT2D eigenvalue weighted by molar-refractivity contribution is 5.90. The van der Waals surface area contributed by atoms with Crippen molar-refractivity contribution in [2.75, 3.05) is 0 Å². The molecule has 0 spiro atoms. The molecule has 0 saturated heterocycles. The molecule has 0 aromatic carbocycles. The van der Waals surface area contributed by atoms with Crippen LogP contribution in [0.25, 0.3) is 0 Å². The summed E-state index contributed by atoms with van der Waals surface area (Å²) >= 11 is 0. The minimum atomic E-state index is -0.812. The Morgan fingerprint density at radius 1 is 1.57 bits per heavy atom. The van der Waals surface area contributed by atoms with E-state index in [-0.39, 0.29) is 12.2 Å². The maximum absolute atomic E-state index is 11.2. The number of carbonyl (C=O) groups is 1. The van der Waals surface area contributed by atoms with Crippen LogP contribution in [-0.2, 0) is 4.79 Å². The zero-order valence-corrected chi connectivity index (χ0v) is 8.05. The van der Waals surface area contributed by atoms with E-state index in [9.17, 15) is 9.90 Å². The van der Waals surface area contributed by atoms with E-state index >= 15 is 0 Å². The molecular formula is C10H14N2O2. The van der Waals surface area contributed by atoms with E-state index in [2.05, 4.69) is 0 Å². The second kappa shape index (κ2) is 4.62. The second-order valence-corrected chi connectivity index (χ2v) is 3.17. The van der Waals surface area contributed by atoms with Gasteiger partial charge in [-0.15, -0.1) is 0 Å². The van der Waals surface area contributed by atoms with Crippen molar-refractivity contribution >= 4 is 5.78 Å². The van der Waals surface area contributed by atoms with E-state index in [0.29, 0.717) is 5.70 Å². The average Bonchev–Trinajstić information content (AvgIpc) is 2.53. The fourth-order valence-corrected chi connectivity index (χ4v) is 1.14. The monoisotopic (exact) mass is 194 g/mol. The van der Waals surface area contributed by atoms with Gasteiger partial charge in [0.15, 0.2) is 5.78 Å². The van der Waals surface area contributed by atoms with Crippen molar-refractivity contribution in [3.05, 3.63) is 36.3 Å². The van der Waals surface area contributed by atoms with Gasteiger partial charge in [-0.2, -0.15) is 0 Å². The minimum absolute atomic E-state index is 0.0449. The fourth-order valence-electron chi connectivity index (χ4n) is 1.14. The summed E-state index contributed by atoms with van der Waals surface area (Å²) in [5.74, 6) is -0.175. The Morgan fingerprint density at radius 2 is 2.14 bits per heavy atom. The fraction of sp³-hybridized carbons (Fsp3) is 0.300. The number of nitrogens with zero attached hydrogens (tertiary/aromatic N) is 1. The third-order valence-corrected chi connectivity index (χ3v) is 1.74. The number of hydrogen-bond acceptors (Lipinski definition) is 3. The molecule has 14 heavy (non-hydrogen) atoms. The van der Waals surface area contributed by atoms with Gasteiger partial charge >= 0.3 is 0 Å². The van der Waals surface area contributed by atoms with Crippen LogP contribution in [0.2, 0.25) is 0 Å². The topological polar surface area (TPSA) is 68.2 Å². The first kappa shape index (κ1) is 10.5. The van der Waals surface area contributed by atoms with E-state index < -0.39 is 6.23 Å². The minimum Gasteiger partial charge on any atom is -0.402 e. The van der Waals surface area contributed by atoms with Gasteiger partial charge in [-0.3, -0.25) is 4.79 Å². The molecule has 1 heterocycles. The Bertz CT molecular complexity index is 324. The number of nitrogens with two attached hydrogens (primary N) is 1. The third kappa shape index (κ3) is 3.06. The zero-order chi connectivity index (χ0) is 10.6. The molecule has 0 aliphatic carbocycles. The Kier molecular flexibility index (Phi) is 3.48. The van der Waals surface area contributed by atoms with Gasteiger partial charge in [0.05, 0.1) is 6.42 Å². The van der Waals surface area contributed by atoms with E-state index in [1.54, 1.807) is 36.0 Å². The number of carbonyl (C=O) groups excluding carboxylic acids is 1. The lowest BCUT2D eigenvalue weighted by Crippen LogP contribution is -2.11. The van der Waals surface area contributed by atoms with Crippen LogP contribution < -0.4 is 5.73 Å². The first-order chi connectivity index (χ1) is 6.59. The summed E-state index contributed by atoms with van der Waals surface area (Å²) in [4.78, 5) is 11.2. The van der Waals surface area contributed by atoms with Gasteiger partial charge in [0.1, 0.15) is 6.23 Å². The van der Waals surface area contributed by atoms with Crippen LogP contribution in [0.3, 0.4) is 0 Å². The SMILES string of the molecule is C/C(N)=C/C(=O)C[C@@H](O)n1cccc1. The summed E-state index contributed by atoms with van der Waals surface area (Å²) in [5, 5.41) is 9.56. The molecule has 1 aromatic rings. The number of allylic oxidation sites excluding steroid dienone is 2. The number of aliphatic hydroxyl groups excluding tert-OH is 1. The molecule has 0 aliphatic heterocycles. The Morgan fingerprint density at radius 3 is 2.64 bits per heavy atom. The predicted octanol–water partition coefficient (Wildman–Crippen LogP) is 0.801. The molecule has 4 nitrogen and oxygen atoms in total. The molecule has 0 fully saturated rings. The number of aromatic nitrogens is 1. The van der Waals surface area contributed by atoms with Crippen molar-refractivity contribution in [3.63, 3.8) is 0 Å². The van der Waals surface area contributed by atoms with Crippen molar-refractivity contribution < 1.29 is 9.90 Å². The van der Waals surface area contributed by atoms with Crippen molar-refractivity contribution in [1.82, 2.24) is 4.57 Å². The highest BCUT2D eigenvalue weighted by Gasteiger charge is 2.09. The molecule has 0 saturated carbocycles. The molecule has 3 N–H and O–H groups in total. The number of hydrogen-bond donors (Lipinski definition) is 2. The van der Waals surface area contributed by atoms with Gasteiger partial charge in [-0.1, -0.05) is 0 Å². The lowest BCUT2D eigenvalue weighted by molar-refractivity contribution is -0.117. The van der Waals surface area contributed by atoms with Gasteiger partial charge in [0.2, 0.25) is 0 Å². The summed E-state index contributed by atoms with van der Waals surface area (Å²) in [6, 6.07) is 3.58. The van der Waals surface area contributed by atoms with E-state index in [4.69, 9.17) is 5.73 Å². The Balaban J connectivity index is 2.54. The quantitative estimate of drug-likeness (QED) is 0.696. The van der Waals surface area contributed by atoms with Crippen LogP contribution in [0.1, 0.15) is 19.6 Å². The summed E-state index contributed by atoms with van der Waals surface area (Å²) < 4.78 is 1.57. The molecule has 0 amide bonds. The summed E-state index contributed by atoms with van der Waals surface area (Å²) in [6.45, 7) is 1.64. The molecule has 0 bridgehead atoms. The molecule has 76 valence electrons. The zero-order valence-electron chi connectivity index (χ0n) is 8.05. The average molecular weight is 194 g/mol. The van der Waals surface area contributed by atoms with Crippen LogP contribution in [0, 0.1) is 0 Å². The van der Waals surface area contributed by atoms with Gasteiger partial charge in [-0.05, 0) is 25.1 Å². The maximum atomic E-state index is 11.2. The van der Waals surface area contributed by atoms with E-state index in [1.165, 1.54) is 6.08 Å². The van der Waals surface area contributed by atoms with Gasteiger partial charge in [0, 0.05) is 18.1 Å². The van der Waals surface area contributed by atoms with Crippen LogP contribution in [0.4, 0.5) is 0 Å². The molecule has 1 rings (SSSR count).